The van der Waals surface area contributed by atoms with Crippen LogP contribution in [0.3, 0.4) is 0 Å². The average molecular weight is 381 g/mol. The van der Waals surface area contributed by atoms with E-state index < -0.39 is 12.2 Å². The van der Waals surface area contributed by atoms with E-state index in [-0.39, 0.29) is 12.1 Å². The van der Waals surface area contributed by atoms with Gasteiger partial charge in [-0.05, 0) is 83.0 Å². The quantitative estimate of drug-likeness (QED) is 0.363. The van der Waals surface area contributed by atoms with Gasteiger partial charge >= 0.3 is 5.97 Å². The molecule has 5 nitrogen and oxygen atoms in total. The number of rotatable bonds is 9. The topological polar surface area (TPSA) is 79.3 Å². The first-order chi connectivity index (χ1) is 12.9. The van der Waals surface area contributed by atoms with Gasteiger partial charge in [0.1, 0.15) is 6.10 Å². The number of ether oxygens (including phenoxy) is 2. The summed E-state index contributed by atoms with van der Waals surface area (Å²) in [5.41, 5.74) is 0.455. The summed E-state index contributed by atoms with van der Waals surface area (Å²) in [6.07, 6.45) is 10.6. The highest BCUT2D eigenvalue weighted by Crippen LogP contribution is 2.41. The van der Waals surface area contributed by atoms with Gasteiger partial charge in [0, 0.05) is 5.57 Å². The predicted octanol–water partition coefficient (Wildman–Crippen LogP) is 3.51. The Morgan fingerprint density at radius 3 is 2.48 bits per heavy atom. The van der Waals surface area contributed by atoms with Crippen LogP contribution >= 0.6 is 0 Å². The van der Waals surface area contributed by atoms with E-state index in [4.69, 9.17) is 9.47 Å². The van der Waals surface area contributed by atoms with E-state index in [1.807, 2.05) is 0 Å². The highest BCUT2D eigenvalue weighted by molar-refractivity contribution is 5.87. The SMILES string of the molecule is C=C(C)C(=O)OC(CCCC1CCC(O)C(O)C1)CCC1CCC2OC2C1. The lowest BCUT2D eigenvalue weighted by molar-refractivity contribution is -0.145. The Morgan fingerprint density at radius 2 is 1.78 bits per heavy atom. The van der Waals surface area contributed by atoms with Crippen molar-refractivity contribution in [3.05, 3.63) is 12.2 Å². The first-order valence-electron chi connectivity index (χ1n) is 10.8. The zero-order valence-corrected chi connectivity index (χ0v) is 16.6. The second kappa shape index (κ2) is 9.53. The Bertz CT molecular complexity index is 519. The average Bonchev–Trinajstić information content (AvgIpc) is 3.41. The van der Waals surface area contributed by atoms with Gasteiger partial charge in [-0.3, -0.25) is 0 Å². The molecular formula is C22H36O5. The predicted molar refractivity (Wildman–Crippen MR) is 103 cm³/mol. The molecule has 3 aliphatic rings. The van der Waals surface area contributed by atoms with Crippen molar-refractivity contribution in [3.8, 4) is 0 Å². The van der Waals surface area contributed by atoms with Crippen molar-refractivity contribution in [1.29, 1.82) is 0 Å². The Labute approximate surface area is 163 Å². The van der Waals surface area contributed by atoms with Crippen LogP contribution in [0.15, 0.2) is 12.2 Å². The molecule has 1 saturated heterocycles. The molecule has 0 spiro atoms. The molecule has 2 saturated carbocycles. The summed E-state index contributed by atoms with van der Waals surface area (Å²) < 4.78 is 11.3. The zero-order valence-electron chi connectivity index (χ0n) is 16.6. The van der Waals surface area contributed by atoms with Gasteiger partial charge < -0.3 is 19.7 Å². The van der Waals surface area contributed by atoms with Gasteiger partial charge in [-0.1, -0.05) is 13.0 Å². The molecule has 27 heavy (non-hydrogen) atoms. The smallest absolute Gasteiger partial charge is 0.333 e. The second-order valence-corrected chi connectivity index (χ2v) is 9.02. The minimum Gasteiger partial charge on any atom is -0.459 e. The highest BCUT2D eigenvalue weighted by atomic mass is 16.6. The second-order valence-electron chi connectivity index (χ2n) is 9.02. The Kier molecular flexibility index (Phi) is 7.35. The minimum absolute atomic E-state index is 0.0499. The van der Waals surface area contributed by atoms with Crippen molar-refractivity contribution in [1.82, 2.24) is 0 Å². The molecule has 7 unspecified atom stereocenters. The zero-order chi connectivity index (χ0) is 19.4. The molecule has 0 amide bonds. The van der Waals surface area contributed by atoms with Crippen molar-refractivity contribution in [3.63, 3.8) is 0 Å². The summed E-state index contributed by atoms with van der Waals surface area (Å²) in [6, 6.07) is 0. The summed E-state index contributed by atoms with van der Waals surface area (Å²) in [7, 11) is 0. The molecule has 2 aliphatic carbocycles. The van der Waals surface area contributed by atoms with Gasteiger partial charge in [-0.25, -0.2) is 4.79 Å². The van der Waals surface area contributed by atoms with Gasteiger partial charge in [0.2, 0.25) is 0 Å². The van der Waals surface area contributed by atoms with Gasteiger partial charge in [-0.15, -0.1) is 0 Å². The number of carbonyl (C=O) groups excluding carboxylic acids is 1. The largest absolute Gasteiger partial charge is 0.459 e. The summed E-state index contributed by atoms with van der Waals surface area (Å²) in [5, 5.41) is 19.5. The maximum absolute atomic E-state index is 12.0. The maximum atomic E-state index is 12.0. The van der Waals surface area contributed by atoms with Crippen molar-refractivity contribution >= 4 is 5.97 Å². The molecule has 0 aromatic heterocycles. The standard InChI is InChI=1S/C22H36O5/c1-14(2)22(25)26-17(9-6-16-8-11-20-21(13-16)27-20)5-3-4-15-7-10-18(23)19(24)12-15/h15-21,23-24H,1,3-13H2,2H3. The van der Waals surface area contributed by atoms with Crippen molar-refractivity contribution in [2.75, 3.05) is 0 Å². The molecule has 0 aromatic rings. The molecule has 5 heteroatoms. The number of fused-ring (bicyclic) bond motifs is 1. The Morgan fingerprint density at radius 1 is 1.04 bits per heavy atom. The number of epoxide rings is 1. The van der Waals surface area contributed by atoms with Crippen LogP contribution in [-0.4, -0.2) is 46.7 Å². The Hall–Kier alpha value is -0.910. The van der Waals surface area contributed by atoms with Crippen LogP contribution in [0, 0.1) is 11.8 Å². The van der Waals surface area contributed by atoms with Gasteiger partial charge in [-0.2, -0.15) is 0 Å². The highest BCUT2D eigenvalue weighted by Gasteiger charge is 2.43. The third-order valence-electron chi connectivity index (χ3n) is 6.66. The van der Waals surface area contributed by atoms with Crippen LogP contribution < -0.4 is 0 Å². The monoisotopic (exact) mass is 380 g/mol. The molecule has 3 fully saturated rings. The van der Waals surface area contributed by atoms with Crippen LogP contribution in [0.25, 0.3) is 0 Å². The summed E-state index contributed by atoms with van der Waals surface area (Å²) >= 11 is 0. The molecular weight excluding hydrogens is 344 g/mol. The number of aliphatic hydroxyl groups is 2. The molecule has 0 radical (unpaired) electrons. The molecule has 7 atom stereocenters. The van der Waals surface area contributed by atoms with Crippen LogP contribution in [-0.2, 0) is 14.3 Å². The van der Waals surface area contributed by atoms with Crippen molar-refractivity contribution in [2.45, 2.75) is 108 Å². The lowest BCUT2D eigenvalue weighted by Gasteiger charge is -2.30. The van der Waals surface area contributed by atoms with E-state index in [0.29, 0.717) is 42.5 Å². The first-order valence-corrected chi connectivity index (χ1v) is 10.8. The Balaban J connectivity index is 1.41. The van der Waals surface area contributed by atoms with E-state index in [1.165, 1.54) is 12.8 Å². The first kappa shape index (κ1) is 20.8. The number of esters is 1. The summed E-state index contributed by atoms with van der Waals surface area (Å²) in [6.45, 7) is 5.39. The fourth-order valence-corrected chi connectivity index (χ4v) is 4.80. The minimum atomic E-state index is -0.583. The summed E-state index contributed by atoms with van der Waals surface area (Å²) in [4.78, 5) is 12.0. The van der Waals surface area contributed by atoms with Gasteiger partial charge in [0.25, 0.3) is 0 Å². The van der Waals surface area contributed by atoms with Gasteiger partial charge in [0.05, 0.1) is 24.4 Å². The van der Waals surface area contributed by atoms with Gasteiger partial charge in [0.15, 0.2) is 0 Å². The number of carbonyl (C=O) groups is 1. The number of hydrogen-bond acceptors (Lipinski definition) is 5. The van der Waals surface area contributed by atoms with E-state index in [2.05, 4.69) is 6.58 Å². The van der Waals surface area contributed by atoms with E-state index >= 15 is 0 Å². The molecule has 1 aliphatic heterocycles. The van der Waals surface area contributed by atoms with E-state index in [9.17, 15) is 15.0 Å². The van der Waals surface area contributed by atoms with Crippen molar-refractivity contribution in [2.24, 2.45) is 11.8 Å². The van der Waals surface area contributed by atoms with Crippen LogP contribution in [0.1, 0.15) is 77.6 Å². The fourth-order valence-electron chi connectivity index (χ4n) is 4.80. The van der Waals surface area contributed by atoms with E-state index in [0.717, 1.165) is 44.9 Å². The van der Waals surface area contributed by atoms with Crippen LogP contribution in [0.4, 0.5) is 0 Å². The fraction of sp³-hybridized carbons (Fsp3) is 0.864. The van der Waals surface area contributed by atoms with Crippen molar-refractivity contribution < 1.29 is 24.5 Å². The molecule has 1 heterocycles. The summed E-state index contributed by atoms with van der Waals surface area (Å²) in [5.74, 6) is 0.864. The van der Waals surface area contributed by atoms with Crippen LogP contribution in [0.2, 0.25) is 0 Å². The number of hydrogen-bond donors (Lipinski definition) is 2. The van der Waals surface area contributed by atoms with E-state index in [1.54, 1.807) is 6.92 Å². The lowest BCUT2D eigenvalue weighted by atomic mass is 9.82. The normalized spacial score (nSPS) is 36.6. The lowest BCUT2D eigenvalue weighted by Crippen LogP contribution is -2.33. The number of aliphatic hydroxyl groups excluding tert-OH is 2. The molecule has 3 rings (SSSR count). The molecule has 0 aromatic carbocycles. The molecule has 2 N–H and O–H groups in total. The molecule has 0 bridgehead atoms. The van der Waals surface area contributed by atoms with Crippen LogP contribution in [0.5, 0.6) is 0 Å². The third-order valence-corrected chi connectivity index (χ3v) is 6.66. The maximum Gasteiger partial charge on any atom is 0.333 e. The third kappa shape index (κ3) is 6.30. The molecule has 154 valence electrons.